The molecule has 2 heterocycles. The molecular formula is C31H34N6O6S. The van der Waals surface area contributed by atoms with E-state index in [4.69, 9.17) is 0 Å². The summed E-state index contributed by atoms with van der Waals surface area (Å²) in [6, 6.07) is 20.9. The van der Waals surface area contributed by atoms with Gasteiger partial charge in [-0.25, -0.2) is 8.42 Å². The summed E-state index contributed by atoms with van der Waals surface area (Å²) < 4.78 is 29.3. The van der Waals surface area contributed by atoms with Gasteiger partial charge in [-0.05, 0) is 41.8 Å². The summed E-state index contributed by atoms with van der Waals surface area (Å²) in [6.45, 7) is 2.18. The van der Waals surface area contributed by atoms with Gasteiger partial charge in [-0.15, -0.1) is 0 Å². The van der Waals surface area contributed by atoms with Crippen molar-refractivity contribution in [1.29, 1.82) is 0 Å². The number of fused-ring (bicyclic) bond motifs is 1. The number of hydrogen-bond donors (Lipinski definition) is 6. The number of aliphatic carboxylic acids is 1. The molecular weight excluding hydrogens is 584 g/mol. The van der Waals surface area contributed by atoms with Crippen molar-refractivity contribution in [2.75, 3.05) is 19.6 Å². The zero-order chi connectivity index (χ0) is 31.1. The molecule has 0 bridgehead atoms. The number of carbonyl (C=O) groups excluding carboxylic acids is 1. The summed E-state index contributed by atoms with van der Waals surface area (Å²) in [4.78, 5) is 38.6. The summed E-state index contributed by atoms with van der Waals surface area (Å²) >= 11 is 0. The number of benzene rings is 3. The second-order valence-corrected chi connectivity index (χ2v) is 12.1. The Morgan fingerprint density at radius 2 is 1.64 bits per heavy atom. The summed E-state index contributed by atoms with van der Waals surface area (Å²) in [5.74, 6) is -2.28. The van der Waals surface area contributed by atoms with Crippen molar-refractivity contribution in [3.05, 3.63) is 112 Å². The highest BCUT2D eigenvalue weighted by atomic mass is 32.2. The van der Waals surface area contributed by atoms with Crippen LogP contribution in [0.3, 0.4) is 0 Å². The van der Waals surface area contributed by atoms with Gasteiger partial charge in [0.1, 0.15) is 17.9 Å². The Labute approximate surface area is 254 Å². The molecule has 0 radical (unpaired) electrons. The number of carboxylic acid groups (broad SMARTS) is 1. The van der Waals surface area contributed by atoms with E-state index in [-0.39, 0.29) is 16.7 Å². The fourth-order valence-electron chi connectivity index (χ4n) is 4.98. The predicted octanol–water partition coefficient (Wildman–Crippen LogP) is 0.972. The molecule has 4 aromatic rings. The third-order valence-corrected chi connectivity index (χ3v) is 8.81. The van der Waals surface area contributed by atoms with E-state index in [1.807, 2.05) is 47.0 Å². The van der Waals surface area contributed by atoms with Gasteiger partial charge in [0, 0.05) is 44.3 Å². The lowest BCUT2D eigenvalue weighted by atomic mass is 10.1. The molecule has 1 aliphatic rings. The Morgan fingerprint density at radius 3 is 2.32 bits per heavy atom. The average Bonchev–Trinajstić information content (AvgIpc) is 3.56. The molecule has 3 aromatic carbocycles. The van der Waals surface area contributed by atoms with Gasteiger partial charge in [0.25, 0.3) is 5.91 Å². The molecule has 1 atom stereocenters. The molecule has 0 spiro atoms. The van der Waals surface area contributed by atoms with Crippen LogP contribution in [0.25, 0.3) is 10.9 Å². The van der Waals surface area contributed by atoms with Crippen molar-refractivity contribution < 1.29 is 23.1 Å². The second kappa shape index (κ2) is 13.9. The third-order valence-electron chi connectivity index (χ3n) is 7.32. The summed E-state index contributed by atoms with van der Waals surface area (Å²) in [5, 5.41) is 22.4. The number of nitrogens with one attached hydrogen (secondary N) is 5. The zero-order valence-electron chi connectivity index (χ0n) is 23.8. The quantitative estimate of drug-likeness (QED) is 0.128. The minimum atomic E-state index is -4.17. The van der Waals surface area contributed by atoms with E-state index in [0.29, 0.717) is 30.4 Å². The molecule has 1 fully saturated rings. The number of rotatable bonds is 13. The molecule has 0 aliphatic carbocycles. The average molecular weight is 619 g/mol. The minimum absolute atomic E-state index is 0.0103. The number of carboxylic acids is 1. The van der Waals surface area contributed by atoms with Gasteiger partial charge in [0.05, 0.1) is 10.4 Å². The highest BCUT2D eigenvalue weighted by Crippen LogP contribution is 2.17. The van der Waals surface area contributed by atoms with E-state index in [1.165, 1.54) is 30.5 Å². The van der Waals surface area contributed by atoms with E-state index >= 15 is 0 Å². The normalized spacial score (nSPS) is 14.5. The third kappa shape index (κ3) is 7.56. The number of nitrogens with zero attached hydrogens (tertiary/aromatic N) is 1. The van der Waals surface area contributed by atoms with Crippen molar-refractivity contribution >= 4 is 32.8 Å². The largest absolute Gasteiger partial charge is 0.480 e. The maximum absolute atomic E-state index is 13.5. The number of amides is 1. The Kier molecular flexibility index (Phi) is 9.82. The zero-order valence-corrected chi connectivity index (χ0v) is 24.6. The van der Waals surface area contributed by atoms with Crippen molar-refractivity contribution in [2.24, 2.45) is 0 Å². The number of carbonyl (C=O) groups is 2. The number of aromatic nitrogens is 1. The lowest BCUT2D eigenvalue weighted by Gasteiger charge is -2.18. The predicted molar refractivity (Wildman–Crippen MR) is 166 cm³/mol. The maximum Gasteiger partial charge on any atom is 0.323 e. The highest BCUT2D eigenvalue weighted by Gasteiger charge is 2.27. The second-order valence-electron chi connectivity index (χ2n) is 10.4. The number of hydrogen-bond acceptors (Lipinski definition) is 8. The number of sulfonamides is 1. The monoisotopic (exact) mass is 618 g/mol. The molecule has 1 amide bonds. The van der Waals surface area contributed by atoms with Gasteiger partial charge < -0.3 is 15.0 Å². The van der Waals surface area contributed by atoms with Gasteiger partial charge in [-0.1, -0.05) is 54.6 Å². The maximum atomic E-state index is 13.5. The lowest BCUT2D eigenvalue weighted by Crippen LogP contribution is -2.48. The standard InChI is InChI=1S/C31H34N6O6S/c38-28-24-12-11-22(18-35-31-32-14-15-33-31)17-27(24)37(16-13-21-7-3-1-4-8-21)20-25(28)29(39)34-19-26(30(40)41)36-44(42,43)23-9-5-2-6-10-23/h1-12,17,20,26,31-33,35-36H,13-16,18-19H2,(H,34,39)(H,40,41). The number of pyridine rings is 1. The first-order chi connectivity index (χ1) is 21.2. The molecule has 0 saturated carbocycles. The van der Waals surface area contributed by atoms with Crippen LogP contribution in [0, 0.1) is 0 Å². The molecule has 44 heavy (non-hydrogen) atoms. The van der Waals surface area contributed by atoms with E-state index in [2.05, 4.69) is 26.0 Å². The van der Waals surface area contributed by atoms with Gasteiger partial charge in [-0.2, -0.15) is 4.72 Å². The molecule has 1 aromatic heterocycles. The van der Waals surface area contributed by atoms with Crippen LogP contribution in [0.1, 0.15) is 21.5 Å². The van der Waals surface area contributed by atoms with Crippen LogP contribution in [-0.2, 0) is 34.3 Å². The molecule has 12 nitrogen and oxygen atoms in total. The molecule has 6 N–H and O–H groups in total. The van der Waals surface area contributed by atoms with Crippen molar-refractivity contribution in [1.82, 2.24) is 30.6 Å². The van der Waals surface area contributed by atoms with Crippen LogP contribution < -0.4 is 31.4 Å². The van der Waals surface area contributed by atoms with Gasteiger partial charge in [0.2, 0.25) is 15.5 Å². The van der Waals surface area contributed by atoms with Gasteiger partial charge >= 0.3 is 5.97 Å². The molecule has 1 unspecified atom stereocenters. The van der Waals surface area contributed by atoms with Gasteiger partial charge in [-0.3, -0.25) is 30.3 Å². The van der Waals surface area contributed by atoms with Crippen LogP contribution in [0.15, 0.2) is 94.7 Å². The van der Waals surface area contributed by atoms with Gasteiger partial charge in [0.15, 0.2) is 0 Å². The first-order valence-corrected chi connectivity index (χ1v) is 15.7. The van der Waals surface area contributed by atoms with Crippen LogP contribution in [0.2, 0.25) is 0 Å². The van der Waals surface area contributed by atoms with E-state index in [1.54, 1.807) is 12.1 Å². The highest BCUT2D eigenvalue weighted by molar-refractivity contribution is 7.89. The molecule has 230 valence electrons. The Bertz CT molecular complexity index is 1790. The SMILES string of the molecule is O=C(NCC(NS(=O)(=O)c1ccccc1)C(=O)O)c1cn(CCc2ccccc2)c2cc(CNC3NCCN3)ccc2c1=O. The fourth-order valence-corrected chi connectivity index (χ4v) is 6.19. The minimum Gasteiger partial charge on any atom is -0.480 e. The van der Waals surface area contributed by atoms with Crippen molar-refractivity contribution in [3.63, 3.8) is 0 Å². The van der Waals surface area contributed by atoms with Crippen LogP contribution in [0.5, 0.6) is 0 Å². The molecule has 1 aliphatic heterocycles. The first kappa shape index (κ1) is 31.0. The topological polar surface area (TPSA) is 171 Å². The summed E-state index contributed by atoms with van der Waals surface area (Å²) in [5.41, 5.74) is 2.01. The van der Waals surface area contributed by atoms with Crippen LogP contribution >= 0.6 is 0 Å². The summed E-state index contributed by atoms with van der Waals surface area (Å²) in [7, 11) is -4.17. The molecule has 1 saturated heterocycles. The Morgan fingerprint density at radius 1 is 0.955 bits per heavy atom. The fraction of sp³-hybridized carbons (Fsp3) is 0.258. The summed E-state index contributed by atoms with van der Waals surface area (Å²) in [6.07, 6.45) is 2.11. The Balaban J connectivity index is 1.39. The van der Waals surface area contributed by atoms with Crippen LogP contribution in [-0.4, -0.2) is 61.9 Å². The smallest absolute Gasteiger partial charge is 0.323 e. The first-order valence-electron chi connectivity index (χ1n) is 14.2. The molecule has 5 rings (SSSR count). The lowest BCUT2D eigenvalue weighted by molar-refractivity contribution is -0.138. The van der Waals surface area contributed by atoms with Crippen LogP contribution in [0.4, 0.5) is 0 Å². The van der Waals surface area contributed by atoms with Crippen molar-refractivity contribution in [2.45, 2.75) is 36.7 Å². The molecule has 13 heteroatoms. The Hall–Kier alpha value is -4.40. The number of aryl methyl sites for hydroxylation is 2. The van der Waals surface area contributed by atoms with Crippen molar-refractivity contribution in [3.8, 4) is 0 Å². The van der Waals surface area contributed by atoms with E-state index in [0.717, 1.165) is 24.2 Å². The van der Waals surface area contributed by atoms with E-state index in [9.17, 15) is 27.9 Å². The van der Waals surface area contributed by atoms with E-state index < -0.39 is 39.9 Å².